The number of unbranched alkanes of at least 4 members (excludes halogenated alkanes) is 1. The lowest BCUT2D eigenvalue weighted by Gasteiger charge is -2.21. The number of aliphatic hydroxyl groups is 1. The lowest BCUT2D eigenvalue weighted by atomic mass is 10.00. The molecule has 2 amide bonds. The SMILES string of the molecule is C#CCC1C(C(N)=O)C1C(=O)NCCCCOc1cc(F)cc(CC[C@H](O)CNC2(c3cccc(CC)c3)CC2)c1. The van der Waals surface area contributed by atoms with Gasteiger partial charge in [-0.15, -0.1) is 12.3 Å². The van der Waals surface area contributed by atoms with E-state index in [0.717, 1.165) is 24.8 Å². The number of hydrogen-bond acceptors (Lipinski definition) is 5. The Kier molecular flexibility index (Phi) is 10.4. The van der Waals surface area contributed by atoms with Crippen LogP contribution in [0.25, 0.3) is 0 Å². The number of amides is 2. The van der Waals surface area contributed by atoms with E-state index in [9.17, 15) is 19.1 Å². The average Bonchev–Trinajstić information content (AvgIpc) is 3.88. The third-order valence-electron chi connectivity index (χ3n) is 8.30. The number of aryl methyl sites for hydroxylation is 2. The first-order chi connectivity index (χ1) is 19.8. The molecular weight excluding hydrogens is 521 g/mol. The second kappa shape index (κ2) is 14.0. The number of nitrogens with one attached hydrogen (secondary N) is 2. The fourth-order valence-corrected chi connectivity index (χ4v) is 5.63. The highest BCUT2D eigenvalue weighted by atomic mass is 19.1. The maximum absolute atomic E-state index is 14.2. The third-order valence-corrected chi connectivity index (χ3v) is 8.30. The molecule has 7 nitrogen and oxygen atoms in total. The van der Waals surface area contributed by atoms with Gasteiger partial charge in [0.2, 0.25) is 11.8 Å². The van der Waals surface area contributed by atoms with Gasteiger partial charge in [0.15, 0.2) is 0 Å². The minimum atomic E-state index is -0.541. The van der Waals surface area contributed by atoms with E-state index in [1.165, 1.54) is 23.3 Å². The summed E-state index contributed by atoms with van der Waals surface area (Å²) in [6.07, 6.45) is 10.6. The molecule has 220 valence electrons. The first-order valence-corrected chi connectivity index (χ1v) is 14.7. The smallest absolute Gasteiger partial charge is 0.224 e. The number of nitrogens with two attached hydrogens (primary N) is 1. The summed E-state index contributed by atoms with van der Waals surface area (Å²) < 4.78 is 20.0. The van der Waals surface area contributed by atoms with Gasteiger partial charge in [-0.3, -0.25) is 9.59 Å². The van der Waals surface area contributed by atoms with Crippen LogP contribution in [-0.4, -0.2) is 42.7 Å². The Balaban J connectivity index is 1.14. The molecular formula is C33H42FN3O4. The summed E-state index contributed by atoms with van der Waals surface area (Å²) in [7, 11) is 0. The topological polar surface area (TPSA) is 114 Å². The van der Waals surface area contributed by atoms with Crippen LogP contribution in [0.4, 0.5) is 4.39 Å². The fraction of sp³-hybridized carbons (Fsp3) is 0.515. The van der Waals surface area contributed by atoms with Crippen molar-refractivity contribution in [3.05, 3.63) is 65.0 Å². The van der Waals surface area contributed by atoms with Gasteiger partial charge in [0.1, 0.15) is 11.6 Å². The highest BCUT2D eigenvalue weighted by Gasteiger charge is 2.57. The van der Waals surface area contributed by atoms with Crippen molar-refractivity contribution >= 4 is 11.8 Å². The zero-order valence-corrected chi connectivity index (χ0v) is 23.8. The number of carbonyl (C=O) groups is 2. The number of halogens is 1. The van der Waals surface area contributed by atoms with Gasteiger partial charge in [-0.1, -0.05) is 31.2 Å². The Labute approximate surface area is 242 Å². The van der Waals surface area contributed by atoms with Crippen molar-refractivity contribution in [2.24, 2.45) is 23.5 Å². The molecule has 0 aliphatic heterocycles. The van der Waals surface area contributed by atoms with Crippen molar-refractivity contribution in [1.82, 2.24) is 10.6 Å². The predicted molar refractivity (Wildman–Crippen MR) is 156 cm³/mol. The summed E-state index contributed by atoms with van der Waals surface area (Å²) in [5, 5.41) is 17.0. The number of rotatable bonds is 17. The minimum Gasteiger partial charge on any atom is -0.493 e. The molecule has 0 radical (unpaired) electrons. The van der Waals surface area contributed by atoms with E-state index < -0.39 is 23.8 Å². The molecule has 8 heteroatoms. The zero-order valence-electron chi connectivity index (χ0n) is 23.8. The average molecular weight is 564 g/mol. The maximum atomic E-state index is 14.2. The predicted octanol–water partition coefficient (Wildman–Crippen LogP) is 3.61. The molecule has 2 aromatic rings. The van der Waals surface area contributed by atoms with Crippen molar-refractivity contribution in [1.29, 1.82) is 0 Å². The van der Waals surface area contributed by atoms with Crippen LogP contribution >= 0.6 is 0 Å². The number of benzene rings is 2. The monoisotopic (exact) mass is 563 g/mol. The van der Waals surface area contributed by atoms with Crippen LogP contribution < -0.4 is 21.1 Å². The molecule has 4 atom stereocenters. The molecule has 2 aliphatic rings. The second-order valence-corrected chi connectivity index (χ2v) is 11.4. The van der Waals surface area contributed by atoms with Crippen molar-refractivity contribution in [2.45, 2.75) is 69.9 Å². The van der Waals surface area contributed by atoms with Crippen LogP contribution in [0.15, 0.2) is 42.5 Å². The van der Waals surface area contributed by atoms with Crippen LogP contribution in [0.3, 0.4) is 0 Å². The van der Waals surface area contributed by atoms with Gasteiger partial charge in [-0.2, -0.15) is 0 Å². The molecule has 0 heterocycles. The summed E-state index contributed by atoms with van der Waals surface area (Å²) >= 11 is 0. The molecule has 0 spiro atoms. The van der Waals surface area contributed by atoms with Crippen LogP contribution in [0.2, 0.25) is 0 Å². The van der Waals surface area contributed by atoms with Gasteiger partial charge in [-0.05, 0) is 79.7 Å². The van der Waals surface area contributed by atoms with Gasteiger partial charge in [-0.25, -0.2) is 4.39 Å². The van der Waals surface area contributed by atoms with Crippen LogP contribution in [-0.2, 0) is 28.0 Å². The molecule has 4 rings (SSSR count). The van der Waals surface area contributed by atoms with Crippen molar-refractivity contribution in [3.8, 4) is 18.1 Å². The van der Waals surface area contributed by atoms with Gasteiger partial charge < -0.3 is 26.2 Å². The molecule has 0 aromatic heterocycles. The highest BCUT2D eigenvalue weighted by molar-refractivity contribution is 5.92. The van der Waals surface area contributed by atoms with Gasteiger partial charge in [0.05, 0.1) is 24.5 Å². The molecule has 2 aliphatic carbocycles. The molecule has 0 saturated heterocycles. The number of primary amides is 1. The van der Waals surface area contributed by atoms with Crippen molar-refractivity contribution < 1.29 is 23.8 Å². The van der Waals surface area contributed by atoms with E-state index in [-0.39, 0.29) is 23.2 Å². The second-order valence-electron chi connectivity index (χ2n) is 11.4. The van der Waals surface area contributed by atoms with Gasteiger partial charge in [0, 0.05) is 31.1 Å². The molecule has 2 fully saturated rings. The quantitative estimate of drug-likeness (QED) is 0.174. The normalized spacial score (nSPS) is 21.0. The maximum Gasteiger partial charge on any atom is 0.224 e. The molecule has 41 heavy (non-hydrogen) atoms. The number of aliphatic hydroxyl groups excluding tert-OH is 1. The van der Waals surface area contributed by atoms with E-state index in [1.807, 2.05) is 6.07 Å². The molecule has 0 bridgehead atoms. The summed E-state index contributed by atoms with van der Waals surface area (Å²) in [6.45, 7) is 3.45. The van der Waals surface area contributed by atoms with E-state index in [2.05, 4.69) is 47.7 Å². The molecule has 2 saturated carbocycles. The number of terminal acetylenes is 1. The lowest BCUT2D eigenvalue weighted by Crippen LogP contribution is -2.36. The minimum absolute atomic E-state index is 0.0386. The standard InChI is InChI=1S/C33H42FN3O4/c1-3-8-28-29(31(35)39)30(28)32(40)36-15-5-6-16-41-27-19-23(18-25(34)20-27)11-12-26(38)21-37-33(13-14-33)24-10-7-9-22(4-2)17-24/h1,7,9-10,17-20,26,28-30,37-38H,4-6,8,11-16,21H2,2H3,(H2,35,39)(H,36,40)/t26-,28?,29?,30?/m0/s1. The van der Waals surface area contributed by atoms with E-state index in [1.54, 1.807) is 0 Å². The molecule has 3 unspecified atom stereocenters. The van der Waals surface area contributed by atoms with Crippen molar-refractivity contribution in [2.75, 3.05) is 19.7 Å². The number of carbonyl (C=O) groups excluding carboxylic acids is 2. The highest BCUT2D eigenvalue weighted by Crippen LogP contribution is 2.48. The van der Waals surface area contributed by atoms with E-state index >= 15 is 0 Å². The van der Waals surface area contributed by atoms with Gasteiger partial charge >= 0.3 is 0 Å². The number of ether oxygens (including phenoxy) is 1. The van der Waals surface area contributed by atoms with E-state index in [4.69, 9.17) is 16.9 Å². The van der Waals surface area contributed by atoms with Crippen LogP contribution in [0, 0.1) is 35.9 Å². The summed E-state index contributed by atoms with van der Waals surface area (Å²) in [5.74, 6) is 0.803. The Morgan fingerprint density at radius 1 is 1.20 bits per heavy atom. The van der Waals surface area contributed by atoms with Crippen LogP contribution in [0.1, 0.15) is 62.1 Å². The zero-order chi connectivity index (χ0) is 29.4. The first kappa shape index (κ1) is 30.5. The van der Waals surface area contributed by atoms with E-state index in [0.29, 0.717) is 57.6 Å². The summed E-state index contributed by atoms with van der Waals surface area (Å²) in [4.78, 5) is 23.8. The summed E-state index contributed by atoms with van der Waals surface area (Å²) in [6, 6.07) is 13.3. The van der Waals surface area contributed by atoms with Crippen molar-refractivity contribution in [3.63, 3.8) is 0 Å². The Bertz CT molecular complexity index is 1260. The fourth-order valence-electron chi connectivity index (χ4n) is 5.63. The Morgan fingerprint density at radius 3 is 2.71 bits per heavy atom. The molecule has 5 N–H and O–H groups in total. The van der Waals surface area contributed by atoms with Gasteiger partial charge in [0.25, 0.3) is 0 Å². The number of hydrogen-bond donors (Lipinski definition) is 4. The lowest BCUT2D eigenvalue weighted by molar-refractivity contribution is -0.125. The molecule has 2 aromatic carbocycles. The first-order valence-electron chi connectivity index (χ1n) is 14.7. The third kappa shape index (κ3) is 8.31. The Morgan fingerprint density at radius 2 is 2.00 bits per heavy atom. The largest absolute Gasteiger partial charge is 0.493 e. The van der Waals surface area contributed by atoms with Crippen LogP contribution in [0.5, 0.6) is 5.75 Å². The summed E-state index contributed by atoms with van der Waals surface area (Å²) in [5.41, 5.74) is 8.70. The Hall–Kier alpha value is -3.41.